The van der Waals surface area contributed by atoms with Crippen molar-refractivity contribution in [2.24, 2.45) is 0 Å². The molecule has 0 bridgehead atoms. The third-order valence-electron chi connectivity index (χ3n) is 4.74. The number of benzene rings is 1. The van der Waals surface area contributed by atoms with Gasteiger partial charge < -0.3 is 9.47 Å². The molecule has 0 saturated carbocycles. The Morgan fingerprint density at radius 1 is 1.17 bits per heavy atom. The van der Waals surface area contributed by atoms with Crippen LogP contribution in [-0.2, 0) is 24.3 Å². The number of rotatable bonds is 5. The Bertz CT molecular complexity index is 1220. The van der Waals surface area contributed by atoms with Crippen LogP contribution >= 0.6 is 11.8 Å². The summed E-state index contributed by atoms with van der Waals surface area (Å²) in [5.74, 6) is 0.122. The highest BCUT2D eigenvalue weighted by atomic mass is 32.2. The van der Waals surface area contributed by atoms with Crippen molar-refractivity contribution in [3.05, 3.63) is 71.1 Å². The van der Waals surface area contributed by atoms with Crippen LogP contribution in [0.3, 0.4) is 0 Å². The van der Waals surface area contributed by atoms with Crippen molar-refractivity contribution >= 4 is 38.8 Å². The first-order valence-electron chi connectivity index (χ1n) is 8.76. The molecule has 1 aliphatic rings. The first-order valence-corrected chi connectivity index (χ1v) is 11.1. The molecule has 1 aromatic carbocycles. The molecule has 1 atom stereocenters. The Morgan fingerprint density at radius 2 is 1.93 bits per heavy atom. The second-order valence-electron chi connectivity index (χ2n) is 6.33. The minimum absolute atomic E-state index is 0.111. The molecule has 29 heavy (non-hydrogen) atoms. The van der Waals surface area contributed by atoms with E-state index in [4.69, 9.17) is 9.47 Å². The summed E-state index contributed by atoms with van der Waals surface area (Å²) < 4.78 is 37.5. The van der Waals surface area contributed by atoms with Crippen LogP contribution in [0.4, 0.5) is 0 Å². The lowest BCUT2D eigenvalue weighted by Crippen LogP contribution is -2.12. The highest BCUT2D eigenvalue weighted by Crippen LogP contribution is 2.49. The summed E-state index contributed by atoms with van der Waals surface area (Å²) >= 11 is 1.35. The predicted octanol–water partition coefficient (Wildman–Crippen LogP) is 3.48. The molecule has 1 unspecified atom stereocenters. The zero-order valence-corrected chi connectivity index (χ0v) is 17.4. The monoisotopic (exact) mass is 430 g/mol. The van der Waals surface area contributed by atoms with Gasteiger partial charge in [0.2, 0.25) is 0 Å². The van der Waals surface area contributed by atoms with Crippen molar-refractivity contribution in [1.82, 2.24) is 8.96 Å². The summed E-state index contributed by atoms with van der Waals surface area (Å²) in [5, 5.41) is 0.603. The maximum Gasteiger partial charge on any atom is 0.347 e. The van der Waals surface area contributed by atoms with Gasteiger partial charge in [-0.25, -0.2) is 22.2 Å². The van der Waals surface area contributed by atoms with Crippen LogP contribution < -0.4 is 0 Å². The van der Waals surface area contributed by atoms with Gasteiger partial charge in [0, 0.05) is 29.5 Å². The smallest absolute Gasteiger partial charge is 0.347 e. The molecule has 0 N–H and O–H groups in total. The van der Waals surface area contributed by atoms with E-state index in [2.05, 4.69) is 4.98 Å². The summed E-state index contributed by atoms with van der Waals surface area (Å²) in [4.78, 5) is 17.0. The van der Waals surface area contributed by atoms with Crippen molar-refractivity contribution in [3.8, 4) is 0 Å². The normalized spacial score (nSPS) is 17.0. The van der Waals surface area contributed by atoms with Gasteiger partial charge in [0.25, 0.3) is 10.0 Å². The number of carbonyl (C=O) groups excluding carboxylic acids is 1. The predicted molar refractivity (Wildman–Crippen MR) is 110 cm³/mol. The number of thioether (sulfide) groups is 1. The first kappa shape index (κ1) is 19.5. The van der Waals surface area contributed by atoms with E-state index in [9.17, 15) is 13.2 Å². The number of ether oxygens (including phenoxy) is 2. The minimum atomic E-state index is -3.77. The zero-order valence-electron chi connectivity index (χ0n) is 15.7. The fourth-order valence-corrected chi connectivity index (χ4v) is 5.98. The van der Waals surface area contributed by atoms with Crippen LogP contribution in [0, 0.1) is 0 Å². The standard InChI is InChI=1S/C20H18N2O5S2/c1-26-16-12-17(28-18(16)20(23)27-2)14-8-10-21-19-15(14)9-11-22(19)29(24,25)13-6-4-3-5-7-13/h3-11,17H,12H2,1-2H3. The third-order valence-corrected chi connectivity index (χ3v) is 7.75. The van der Waals surface area contributed by atoms with E-state index >= 15 is 0 Å². The molecular weight excluding hydrogens is 412 g/mol. The van der Waals surface area contributed by atoms with E-state index in [-0.39, 0.29) is 10.1 Å². The van der Waals surface area contributed by atoms with Gasteiger partial charge in [-0.15, -0.1) is 11.8 Å². The Balaban J connectivity index is 1.76. The van der Waals surface area contributed by atoms with Gasteiger partial charge in [0.05, 0.1) is 19.1 Å². The molecule has 0 saturated heterocycles. The van der Waals surface area contributed by atoms with Gasteiger partial charge in [-0.1, -0.05) is 18.2 Å². The Kier molecular flexibility index (Phi) is 5.10. The maximum atomic E-state index is 13.0. The van der Waals surface area contributed by atoms with E-state index in [1.54, 1.807) is 42.6 Å². The lowest BCUT2D eigenvalue weighted by molar-refractivity contribution is -0.135. The summed E-state index contributed by atoms with van der Waals surface area (Å²) in [6, 6.07) is 11.8. The minimum Gasteiger partial charge on any atom is -0.500 e. The number of carbonyl (C=O) groups is 1. The zero-order chi connectivity index (χ0) is 20.6. The molecule has 0 amide bonds. The molecule has 9 heteroatoms. The molecule has 0 aliphatic carbocycles. The number of nitrogens with zero attached hydrogens (tertiary/aromatic N) is 2. The van der Waals surface area contributed by atoms with Crippen molar-refractivity contribution < 1.29 is 22.7 Å². The SMILES string of the molecule is COC(=O)C1=C(OC)CC(c2ccnc3c2ccn3S(=O)(=O)c2ccccc2)S1. The Labute approximate surface area is 172 Å². The number of pyridine rings is 1. The van der Waals surface area contributed by atoms with Gasteiger partial charge in [-0.05, 0) is 29.8 Å². The fraction of sp³-hybridized carbons (Fsp3) is 0.200. The summed E-state index contributed by atoms with van der Waals surface area (Å²) in [7, 11) is -0.919. The molecule has 150 valence electrons. The number of hydrogen-bond donors (Lipinski definition) is 0. The fourth-order valence-electron chi connectivity index (χ4n) is 3.33. The lowest BCUT2D eigenvalue weighted by Gasteiger charge is -2.12. The van der Waals surface area contributed by atoms with Crippen molar-refractivity contribution in [2.75, 3.05) is 14.2 Å². The van der Waals surface area contributed by atoms with Crippen LogP contribution in [0.2, 0.25) is 0 Å². The molecule has 0 radical (unpaired) electrons. The van der Waals surface area contributed by atoms with E-state index in [0.717, 1.165) is 5.56 Å². The van der Waals surface area contributed by atoms with Crippen molar-refractivity contribution in [2.45, 2.75) is 16.6 Å². The molecular formula is C20H18N2O5S2. The van der Waals surface area contributed by atoms with Crippen molar-refractivity contribution in [1.29, 1.82) is 0 Å². The van der Waals surface area contributed by atoms with Crippen LogP contribution in [0.15, 0.2) is 70.4 Å². The van der Waals surface area contributed by atoms with E-state index in [1.807, 2.05) is 6.07 Å². The first-order chi connectivity index (χ1) is 14.0. The molecule has 0 spiro atoms. The summed E-state index contributed by atoms with van der Waals surface area (Å²) in [5.41, 5.74) is 1.23. The largest absolute Gasteiger partial charge is 0.500 e. The number of hydrogen-bond acceptors (Lipinski definition) is 7. The summed E-state index contributed by atoms with van der Waals surface area (Å²) in [6.07, 6.45) is 3.59. The maximum absolute atomic E-state index is 13.0. The molecule has 4 rings (SSSR count). The number of aromatic nitrogens is 2. The molecule has 1 aliphatic heterocycles. The Morgan fingerprint density at radius 3 is 2.62 bits per heavy atom. The van der Waals surface area contributed by atoms with E-state index in [1.165, 1.54) is 36.2 Å². The van der Waals surface area contributed by atoms with E-state index in [0.29, 0.717) is 28.1 Å². The molecule has 3 aromatic rings. The summed E-state index contributed by atoms with van der Waals surface area (Å²) in [6.45, 7) is 0. The quantitative estimate of drug-likeness (QED) is 0.573. The van der Waals surface area contributed by atoms with Crippen molar-refractivity contribution in [3.63, 3.8) is 0 Å². The highest BCUT2D eigenvalue weighted by molar-refractivity contribution is 8.04. The highest BCUT2D eigenvalue weighted by Gasteiger charge is 2.33. The average molecular weight is 431 g/mol. The Hall–Kier alpha value is -2.78. The van der Waals surface area contributed by atoms with Crippen LogP contribution in [0.25, 0.3) is 11.0 Å². The average Bonchev–Trinajstić information content (AvgIpc) is 3.38. The van der Waals surface area contributed by atoms with Crippen LogP contribution in [-0.4, -0.2) is 37.6 Å². The second-order valence-corrected chi connectivity index (χ2v) is 9.35. The number of allylic oxidation sites excluding steroid dienone is 1. The molecule has 2 aromatic heterocycles. The van der Waals surface area contributed by atoms with Gasteiger partial charge in [0.15, 0.2) is 5.65 Å². The lowest BCUT2D eigenvalue weighted by atomic mass is 10.1. The number of esters is 1. The van der Waals surface area contributed by atoms with Crippen LogP contribution in [0.5, 0.6) is 0 Å². The molecule has 7 nitrogen and oxygen atoms in total. The third kappa shape index (κ3) is 3.30. The molecule has 0 fully saturated rings. The number of fused-ring (bicyclic) bond motifs is 1. The topological polar surface area (TPSA) is 87.5 Å². The number of methoxy groups -OCH3 is 2. The van der Waals surface area contributed by atoms with Gasteiger partial charge in [0.1, 0.15) is 10.7 Å². The second kappa shape index (κ2) is 7.57. The van der Waals surface area contributed by atoms with E-state index < -0.39 is 16.0 Å². The van der Waals surface area contributed by atoms with Gasteiger partial charge >= 0.3 is 5.97 Å². The van der Waals surface area contributed by atoms with Gasteiger partial charge in [-0.3, -0.25) is 0 Å². The molecule has 3 heterocycles. The van der Waals surface area contributed by atoms with Gasteiger partial charge in [-0.2, -0.15) is 0 Å². The van der Waals surface area contributed by atoms with Crippen LogP contribution in [0.1, 0.15) is 17.2 Å².